The number of nitrogens with zero attached hydrogens (tertiary/aromatic N) is 5. The zero-order valence-electron chi connectivity index (χ0n) is 20.0. The molecule has 2 aromatic heterocycles. The Morgan fingerprint density at radius 3 is 2.70 bits per heavy atom. The lowest BCUT2D eigenvalue weighted by molar-refractivity contribution is -0.144. The summed E-state index contributed by atoms with van der Waals surface area (Å²) in [7, 11) is 0. The Morgan fingerprint density at radius 2 is 2.06 bits per heavy atom. The minimum Gasteiger partial charge on any atom is -0.391 e. The Balaban J connectivity index is 1.52. The molecule has 1 aliphatic carbocycles. The SMILES string of the molecule is CCc1onc(C)c1CNC(=O)[C@@H]1C[C@@H](O)CN1C(=O)C(n1cc(C2CC2)nn1)C(C)(C)C. The largest absolute Gasteiger partial charge is 0.391 e. The van der Waals surface area contributed by atoms with Crippen LogP contribution < -0.4 is 5.32 Å². The molecule has 2 aliphatic rings. The summed E-state index contributed by atoms with van der Waals surface area (Å²) in [5.41, 5.74) is 2.03. The maximum absolute atomic E-state index is 13.8. The predicted molar refractivity (Wildman–Crippen MR) is 119 cm³/mol. The number of aliphatic hydroxyl groups excluding tert-OH is 1. The molecule has 3 atom stereocenters. The van der Waals surface area contributed by atoms with Crippen LogP contribution in [0.15, 0.2) is 10.7 Å². The van der Waals surface area contributed by atoms with E-state index in [1.54, 1.807) is 4.68 Å². The third-order valence-corrected chi connectivity index (χ3v) is 6.53. The summed E-state index contributed by atoms with van der Waals surface area (Å²) >= 11 is 0. The van der Waals surface area contributed by atoms with Crippen molar-refractivity contribution in [3.05, 3.63) is 28.9 Å². The Morgan fingerprint density at radius 1 is 1.33 bits per heavy atom. The van der Waals surface area contributed by atoms with Crippen LogP contribution in [0.3, 0.4) is 0 Å². The van der Waals surface area contributed by atoms with Crippen molar-refractivity contribution in [3.63, 3.8) is 0 Å². The van der Waals surface area contributed by atoms with Gasteiger partial charge in [-0.25, -0.2) is 4.68 Å². The van der Waals surface area contributed by atoms with Crippen LogP contribution in [-0.4, -0.2) is 60.7 Å². The van der Waals surface area contributed by atoms with Crippen LogP contribution in [0.25, 0.3) is 0 Å². The Bertz CT molecular complexity index is 1020. The monoisotopic (exact) mass is 458 g/mol. The van der Waals surface area contributed by atoms with Crippen molar-refractivity contribution < 1.29 is 19.2 Å². The van der Waals surface area contributed by atoms with Crippen LogP contribution in [0.4, 0.5) is 0 Å². The van der Waals surface area contributed by atoms with E-state index >= 15 is 0 Å². The van der Waals surface area contributed by atoms with Gasteiger partial charge in [-0.05, 0) is 25.2 Å². The van der Waals surface area contributed by atoms with Gasteiger partial charge in [0.2, 0.25) is 11.8 Å². The topological polar surface area (TPSA) is 126 Å². The van der Waals surface area contributed by atoms with E-state index in [9.17, 15) is 14.7 Å². The van der Waals surface area contributed by atoms with Gasteiger partial charge in [0.05, 0.1) is 17.5 Å². The fourth-order valence-corrected chi connectivity index (χ4v) is 4.56. The zero-order valence-corrected chi connectivity index (χ0v) is 20.0. The van der Waals surface area contributed by atoms with E-state index in [-0.39, 0.29) is 31.3 Å². The smallest absolute Gasteiger partial charge is 0.248 e. The van der Waals surface area contributed by atoms with Gasteiger partial charge >= 0.3 is 0 Å². The molecule has 3 heterocycles. The van der Waals surface area contributed by atoms with Crippen LogP contribution in [0, 0.1) is 12.3 Å². The number of aromatic nitrogens is 4. The van der Waals surface area contributed by atoms with Crippen LogP contribution >= 0.6 is 0 Å². The second kappa shape index (κ2) is 8.89. The quantitative estimate of drug-likeness (QED) is 0.649. The predicted octanol–water partition coefficient (Wildman–Crippen LogP) is 1.88. The van der Waals surface area contributed by atoms with Gasteiger partial charge in [0.1, 0.15) is 17.8 Å². The zero-order chi connectivity index (χ0) is 23.9. The van der Waals surface area contributed by atoms with Crippen LogP contribution in [-0.2, 0) is 22.6 Å². The van der Waals surface area contributed by atoms with Gasteiger partial charge in [-0.1, -0.05) is 38.1 Å². The molecule has 10 nitrogen and oxygen atoms in total. The molecule has 33 heavy (non-hydrogen) atoms. The highest BCUT2D eigenvalue weighted by Crippen LogP contribution is 2.40. The van der Waals surface area contributed by atoms with Crippen molar-refractivity contribution in [2.24, 2.45) is 5.41 Å². The number of hydrogen-bond donors (Lipinski definition) is 2. The highest BCUT2D eigenvalue weighted by atomic mass is 16.5. The number of carbonyl (C=O) groups excluding carboxylic acids is 2. The molecule has 1 saturated heterocycles. The molecule has 1 saturated carbocycles. The molecular formula is C23H34N6O4. The summed E-state index contributed by atoms with van der Waals surface area (Å²) in [5, 5.41) is 25.8. The van der Waals surface area contributed by atoms with Crippen molar-refractivity contribution in [2.45, 2.75) is 91.0 Å². The summed E-state index contributed by atoms with van der Waals surface area (Å²) in [6.07, 6.45) is 4.16. The molecule has 10 heteroatoms. The lowest BCUT2D eigenvalue weighted by Crippen LogP contribution is -2.50. The summed E-state index contributed by atoms with van der Waals surface area (Å²) in [6.45, 7) is 10.1. The number of carbonyl (C=O) groups is 2. The van der Waals surface area contributed by atoms with E-state index in [1.807, 2.05) is 40.8 Å². The molecule has 0 bridgehead atoms. The van der Waals surface area contributed by atoms with E-state index in [2.05, 4.69) is 20.8 Å². The van der Waals surface area contributed by atoms with Crippen molar-refractivity contribution in [1.82, 2.24) is 30.4 Å². The normalized spacial score (nSPS) is 21.9. The summed E-state index contributed by atoms with van der Waals surface area (Å²) in [6, 6.07) is -1.39. The molecule has 2 fully saturated rings. The van der Waals surface area contributed by atoms with Gasteiger partial charge in [-0.15, -0.1) is 5.10 Å². The molecule has 0 radical (unpaired) electrons. The van der Waals surface area contributed by atoms with E-state index in [0.29, 0.717) is 12.3 Å². The Kier molecular flexibility index (Phi) is 6.30. The molecular weight excluding hydrogens is 424 g/mol. The highest BCUT2D eigenvalue weighted by Gasteiger charge is 2.45. The third-order valence-electron chi connectivity index (χ3n) is 6.53. The first-order valence-corrected chi connectivity index (χ1v) is 11.7. The van der Waals surface area contributed by atoms with Gasteiger partial charge in [0.15, 0.2) is 0 Å². The van der Waals surface area contributed by atoms with Gasteiger partial charge in [-0.2, -0.15) is 0 Å². The summed E-state index contributed by atoms with van der Waals surface area (Å²) in [5.74, 6) is 0.627. The number of aliphatic hydroxyl groups is 1. The second-order valence-electron chi connectivity index (χ2n) is 10.3. The molecule has 0 aromatic carbocycles. The summed E-state index contributed by atoms with van der Waals surface area (Å²) in [4.78, 5) is 28.4. The number of hydrogen-bond acceptors (Lipinski definition) is 7. The fourth-order valence-electron chi connectivity index (χ4n) is 4.56. The number of β-amino-alcohol motifs (C(OH)–C–C–N with tert-alkyl or cyclic N) is 1. The van der Waals surface area contributed by atoms with Crippen molar-refractivity contribution in [2.75, 3.05) is 6.54 Å². The van der Waals surface area contributed by atoms with E-state index in [4.69, 9.17) is 4.52 Å². The van der Waals surface area contributed by atoms with E-state index < -0.39 is 23.6 Å². The molecule has 1 unspecified atom stereocenters. The fraction of sp³-hybridized carbons (Fsp3) is 0.696. The third kappa shape index (κ3) is 4.80. The van der Waals surface area contributed by atoms with Crippen molar-refractivity contribution >= 4 is 11.8 Å². The van der Waals surface area contributed by atoms with Gasteiger partial charge in [0, 0.05) is 43.6 Å². The Labute approximate surface area is 193 Å². The lowest BCUT2D eigenvalue weighted by Gasteiger charge is -2.34. The maximum Gasteiger partial charge on any atom is 0.248 e. The minimum absolute atomic E-state index is 0.111. The lowest BCUT2D eigenvalue weighted by atomic mass is 9.85. The molecule has 2 N–H and O–H groups in total. The Hall–Kier alpha value is -2.75. The summed E-state index contributed by atoms with van der Waals surface area (Å²) < 4.78 is 6.93. The van der Waals surface area contributed by atoms with Gasteiger partial charge in [0.25, 0.3) is 0 Å². The van der Waals surface area contributed by atoms with Crippen molar-refractivity contribution in [1.29, 1.82) is 0 Å². The highest BCUT2D eigenvalue weighted by molar-refractivity contribution is 5.90. The molecule has 1 aliphatic heterocycles. The molecule has 4 rings (SSSR count). The van der Waals surface area contributed by atoms with E-state index in [1.165, 1.54) is 4.90 Å². The van der Waals surface area contributed by atoms with E-state index in [0.717, 1.165) is 35.6 Å². The standard InChI is InChI=1S/C23H34N6O4/c1-6-19-16(13(2)26-33-19)10-24-21(31)18-9-15(30)11-28(18)22(32)20(23(3,4)5)29-12-17(25-27-29)14-7-8-14/h12,14-15,18,20,30H,6-11H2,1-5H3,(H,24,31)/t15-,18+,20?/m1/s1. The first kappa shape index (κ1) is 23.4. The number of likely N-dealkylation sites (tertiary alicyclic amines) is 1. The first-order valence-electron chi connectivity index (χ1n) is 11.7. The van der Waals surface area contributed by atoms with Crippen LogP contribution in [0.1, 0.15) is 81.6 Å². The molecule has 2 amide bonds. The van der Waals surface area contributed by atoms with Gasteiger partial charge in [-0.3, -0.25) is 9.59 Å². The average Bonchev–Trinajstić information content (AvgIpc) is 3.18. The maximum atomic E-state index is 13.8. The van der Waals surface area contributed by atoms with Crippen LogP contribution in [0.2, 0.25) is 0 Å². The van der Waals surface area contributed by atoms with Gasteiger partial charge < -0.3 is 19.8 Å². The van der Waals surface area contributed by atoms with Crippen molar-refractivity contribution in [3.8, 4) is 0 Å². The molecule has 2 aromatic rings. The molecule has 180 valence electrons. The molecule has 0 spiro atoms. The number of rotatable bonds is 7. The first-order chi connectivity index (χ1) is 15.6. The average molecular weight is 459 g/mol. The number of nitrogens with one attached hydrogen (secondary N) is 1. The second-order valence-corrected chi connectivity index (χ2v) is 10.3. The number of amides is 2. The number of aryl methyl sites for hydroxylation is 2. The van der Waals surface area contributed by atoms with Crippen LogP contribution in [0.5, 0.6) is 0 Å². The minimum atomic E-state index is -0.758.